The summed E-state index contributed by atoms with van der Waals surface area (Å²) in [7, 11) is 0. The lowest BCUT2D eigenvalue weighted by atomic mass is 10.1. The van der Waals surface area contributed by atoms with Crippen LogP contribution in [-0.4, -0.2) is 51.4 Å². The van der Waals surface area contributed by atoms with Gasteiger partial charge in [0, 0.05) is 34.6 Å². The van der Waals surface area contributed by atoms with Gasteiger partial charge in [0.25, 0.3) is 0 Å². The standard InChI is InChI=1S/C20H21BrClNO5/c21-13-3-6-19(28-11-12-1-4-14(22)5-2-12)16(7-13)18(25)10-23-9-15(24)8-17(23)20(26)27/h1-7,15,17-18,24-25H,8-11H2,(H,26,27)/t15-,17+,18?/m1/s1. The van der Waals surface area contributed by atoms with Crippen molar-refractivity contribution in [1.29, 1.82) is 0 Å². The summed E-state index contributed by atoms with van der Waals surface area (Å²) in [6, 6.07) is 11.8. The van der Waals surface area contributed by atoms with Crippen molar-refractivity contribution < 1.29 is 24.9 Å². The van der Waals surface area contributed by atoms with Crippen LogP contribution >= 0.6 is 27.5 Å². The van der Waals surface area contributed by atoms with Crippen molar-refractivity contribution in [1.82, 2.24) is 4.90 Å². The van der Waals surface area contributed by atoms with Gasteiger partial charge in [-0.3, -0.25) is 9.69 Å². The lowest BCUT2D eigenvalue weighted by molar-refractivity contribution is -0.142. The summed E-state index contributed by atoms with van der Waals surface area (Å²) >= 11 is 9.29. The fourth-order valence-corrected chi connectivity index (χ4v) is 3.82. The molecule has 1 saturated heterocycles. The van der Waals surface area contributed by atoms with Gasteiger partial charge < -0.3 is 20.1 Å². The van der Waals surface area contributed by atoms with Crippen molar-refractivity contribution in [2.24, 2.45) is 0 Å². The highest BCUT2D eigenvalue weighted by Crippen LogP contribution is 2.31. The van der Waals surface area contributed by atoms with Gasteiger partial charge in [-0.05, 0) is 35.9 Å². The van der Waals surface area contributed by atoms with E-state index in [1.165, 1.54) is 0 Å². The molecule has 0 saturated carbocycles. The monoisotopic (exact) mass is 469 g/mol. The van der Waals surface area contributed by atoms with Gasteiger partial charge >= 0.3 is 5.97 Å². The summed E-state index contributed by atoms with van der Waals surface area (Å²) in [6.07, 6.45) is -1.53. The van der Waals surface area contributed by atoms with Gasteiger partial charge in [-0.25, -0.2) is 0 Å². The van der Waals surface area contributed by atoms with Gasteiger partial charge in [-0.2, -0.15) is 0 Å². The van der Waals surface area contributed by atoms with Crippen LogP contribution in [0.1, 0.15) is 23.7 Å². The Morgan fingerprint density at radius 1 is 1.29 bits per heavy atom. The number of aliphatic hydroxyl groups excluding tert-OH is 2. The molecule has 0 aromatic heterocycles. The van der Waals surface area contributed by atoms with Crippen LogP contribution in [0, 0.1) is 0 Å². The highest BCUT2D eigenvalue weighted by atomic mass is 79.9. The number of rotatable bonds is 7. The Hall–Kier alpha value is -1.64. The Bertz CT molecular complexity index is 832. The van der Waals surface area contributed by atoms with Gasteiger partial charge in [0.15, 0.2) is 0 Å². The molecule has 2 aromatic rings. The predicted molar refractivity (Wildman–Crippen MR) is 109 cm³/mol. The molecule has 1 fully saturated rings. The van der Waals surface area contributed by atoms with Crippen molar-refractivity contribution >= 4 is 33.5 Å². The molecule has 0 aliphatic carbocycles. The number of likely N-dealkylation sites (tertiary alicyclic amines) is 1. The lowest BCUT2D eigenvalue weighted by Gasteiger charge is -2.25. The summed E-state index contributed by atoms with van der Waals surface area (Å²) in [6.45, 7) is 0.601. The maximum Gasteiger partial charge on any atom is 0.321 e. The minimum absolute atomic E-state index is 0.0851. The molecule has 1 unspecified atom stereocenters. The molecule has 28 heavy (non-hydrogen) atoms. The van der Waals surface area contributed by atoms with Crippen LogP contribution < -0.4 is 4.74 Å². The number of carboxylic acid groups (broad SMARTS) is 1. The van der Waals surface area contributed by atoms with E-state index in [1.807, 2.05) is 18.2 Å². The van der Waals surface area contributed by atoms with Crippen LogP contribution in [-0.2, 0) is 11.4 Å². The summed E-state index contributed by atoms with van der Waals surface area (Å²) in [5.41, 5.74) is 1.48. The summed E-state index contributed by atoms with van der Waals surface area (Å²) < 4.78 is 6.67. The van der Waals surface area contributed by atoms with Crippen molar-refractivity contribution in [3.05, 3.63) is 63.1 Å². The van der Waals surface area contributed by atoms with E-state index in [4.69, 9.17) is 16.3 Å². The normalized spacial score (nSPS) is 20.9. The fourth-order valence-electron chi connectivity index (χ4n) is 3.31. The Morgan fingerprint density at radius 3 is 2.68 bits per heavy atom. The number of hydrogen-bond donors (Lipinski definition) is 3. The molecule has 1 aliphatic heterocycles. The zero-order valence-electron chi connectivity index (χ0n) is 15.0. The number of nitrogens with zero attached hydrogens (tertiary/aromatic N) is 1. The van der Waals surface area contributed by atoms with E-state index in [2.05, 4.69) is 15.9 Å². The third-order valence-corrected chi connectivity index (χ3v) is 5.46. The van der Waals surface area contributed by atoms with Crippen LogP contribution in [0.3, 0.4) is 0 Å². The zero-order chi connectivity index (χ0) is 20.3. The van der Waals surface area contributed by atoms with Crippen molar-refractivity contribution in [3.63, 3.8) is 0 Å². The number of β-amino-alcohol motifs (C(OH)–C–C–N with tert-alkyl or cyclic N) is 2. The van der Waals surface area contributed by atoms with E-state index < -0.39 is 24.2 Å². The minimum Gasteiger partial charge on any atom is -0.489 e. The molecule has 8 heteroatoms. The van der Waals surface area contributed by atoms with E-state index in [0.29, 0.717) is 22.9 Å². The molecule has 1 aliphatic rings. The second kappa shape index (κ2) is 9.24. The first-order valence-corrected chi connectivity index (χ1v) is 10.00. The first-order valence-electron chi connectivity index (χ1n) is 8.83. The van der Waals surface area contributed by atoms with Crippen molar-refractivity contribution in [3.8, 4) is 5.75 Å². The molecular weight excluding hydrogens is 450 g/mol. The number of ether oxygens (including phenoxy) is 1. The van der Waals surface area contributed by atoms with Gasteiger partial charge in [-0.15, -0.1) is 0 Å². The molecule has 0 bridgehead atoms. The van der Waals surface area contributed by atoms with Crippen LogP contribution in [0.4, 0.5) is 0 Å². The van der Waals surface area contributed by atoms with E-state index in [9.17, 15) is 20.1 Å². The highest BCUT2D eigenvalue weighted by molar-refractivity contribution is 9.10. The fraction of sp³-hybridized carbons (Fsp3) is 0.350. The quantitative estimate of drug-likeness (QED) is 0.576. The molecule has 3 atom stereocenters. The molecule has 3 N–H and O–H groups in total. The average molecular weight is 471 g/mol. The number of carboxylic acids is 1. The molecule has 0 spiro atoms. The first-order chi connectivity index (χ1) is 13.3. The zero-order valence-corrected chi connectivity index (χ0v) is 17.3. The third kappa shape index (κ3) is 5.24. The molecule has 3 rings (SSSR count). The Balaban J connectivity index is 1.74. The summed E-state index contributed by atoms with van der Waals surface area (Å²) in [5, 5.41) is 30.6. The number of aliphatic carboxylic acids is 1. The lowest BCUT2D eigenvalue weighted by Crippen LogP contribution is -2.38. The Labute approximate surface area is 176 Å². The van der Waals surface area contributed by atoms with Gasteiger partial charge in [0.05, 0.1) is 12.2 Å². The van der Waals surface area contributed by atoms with Crippen molar-refractivity contribution in [2.45, 2.75) is 31.3 Å². The van der Waals surface area contributed by atoms with E-state index in [-0.39, 0.29) is 19.5 Å². The van der Waals surface area contributed by atoms with Gasteiger partial charge in [0.2, 0.25) is 0 Å². The molecule has 0 amide bonds. The second-order valence-corrected chi connectivity index (χ2v) is 8.16. The topological polar surface area (TPSA) is 90.2 Å². The SMILES string of the molecule is O=C(O)[C@@H]1C[C@@H](O)CN1CC(O)c1cc(Br)ccc1OCc1ccc(Cl)cc1. The molecule has 1 heterocycles. The third-order valence-electron chi connectivity index (χ3n) is 4.71. The van der Waals surface area contributed by atoms with Gasteiger partial charge in [0.1, 0.15) is 18.4 Å². The van der Waals surface area contributed by atoms with E-state index in [0.717, 1.165) is 10.0 Å². The maximum absolute atomic E-state index is 11.4. The van der Waals surface area contributed by atoms with Crippen molar-refractivity contribution in [2.75, 3.05) is 13.1 Å². The Morgan fingerprint density at radius 2 is 2.00 bits per heavy atom. The maximum atomic E-state index is 11.4. The van der Waals surface area contributed by atoms with Crippen LogP contribution in [0.5, 0.6) is 5.75 Å². The average Bonchev–Trinajstić information content (AvgIpc) is 3.02. The smallest absolute Gasteiger partial charge is 0.321 e. The van der Waals surface area contributed by atoms with E-state index >= 15 is 0 Å². The van der Waals surface area contributed by atoms with Crippen LogP contribution in [0.25, 0.3) is 0 Å². The largest absolute Gasteiger partial charge is 0.489 e. The van der Waals surface area contributed by atoms with Gasteiger partial charge in [-0.1, -0.05) is 39.7 Å². The Kier molecular flexibility index (Phi) is 6.95. The number of carbonyl (C=O) groups is 1. The number of hydrogen-bond acceptors (Lipinski definition) is 5. The van der Waals surface area contributed by atoms with E-state index in [1.54, 1.807) is 29.2 Å². The number of aliphatic hydroxyl groups is 2. The molecule has 150 valence electrons. The minimum atomic E-state index is -1.00. The predicted octanol–water partition coefficient (Wildman–Crippen LogP) is 3.23. The van der Waals surface area contributed by atoms with Crippen LogP contribution in [0.2, 0.25) is 5.02 Å². The first kappa shape index (κ1) is 21.1. The molecule has 6 nitrogen and oxygen atoms in total. The van der Waals surface area contributed by atoms with Crippen LogP contribution in [0.15, 0.2) is 46.9 Å². The molecule has 0 radical (unpaired) electrons. The molecular formula is C20H21BrClNO5. The molecule has 2 aromatic carbocycles. The summed E-state index contributed by atoms with van der Waals surface area (Å²) in [4.78, 5) is 13.0. The number of halogens is 2. The highest BCUT2D eigenvalue weighted by Gasteiger charge is 2.37. The number of benzene rings is 2. The second-order valence-electron chi connectivity index (χ2n) is 6.81. The summed E-state index contributed by atoms with van der Waals surface area (Å²) in [5.74, 6) is -0.491.